The zero-order valence-corrected chi connectivity index (χ0v) is 8.38. The number of sulfone groups is 1. The molecule has 1 rings (SSSR count). The topological polar surface area (TPSA) is 54.4 Å². The van der Waals surface area contributed by atoms with Crippen LogP contribution in [0.25, 0.3) is 0 Å². The van der Waals surface area contributed by atoms with Gasteiger partial charge in [-0.25, -0.2) is 8.42 Å². The first-order valence-electron chi connectivity index (χ1n) is 3.94. The number of rotatable bonds is 2. The minimum absolute atomic E-state index is 0.199. The monoisotopic (exact) mass is 200 g/mol. The van der Waals surface area contributed by atoms with Gasteiger partial charge >= 0.3 is 0 Å². The Hall–Kier alpha value is -0.870. The molecule has 0 aromatic heterocycles. The Morgan fingerprint density at radius 3 is 2.31 bits per heavy atom. The maximum atomic E-state index is 11.5. The lowest BCUT2D eigenvalue weighted by Crippen LogP contribution is -2.17. The molecule has 1 N–H and O–H groups in total. The van der Waals surface area contributed by atoms with Crippen LogP contribution in [0.1, 0.15) is 12.5 Å². The fraction of sp³-hybridized carbons (Fsp3) is 0.333. The zero-order chi connectivity index (χ0) is 10.1. The van der Waals surface area contributed by atoms with Gasteiger partial charge in [0, 0.05) is 0 Å². The minimum atomic E-state index is -3.55. The quantitative estimate of drug-likeness (QED) is 0.778. The van der Waals surface area contributed by atoms with Crippen molar-refractivity contribution in [2.75, 3.05) is 0 Å². The highest BCUT2D eigenvalue weighted by molar-refractivity contribution is 7.91. The minimum Gasteiger partial charge on any atom is -0.377 e. The van der Waals surface area contributed by atoms with E-state index in [0.29, 0.717) is 5.56 Å². The number of aliphatic hydroxyl groups is 1. The van der Waals surface area contributed by atoms with Gasteiger partial charge < -0.3 is 5.11 Å². The van der Waals surface area contributed by atoms with Gasteiger partial charge in [-0.2, -0.15) is 0 Å². The summed E-state index contributed by atoms with van der Waals surface area (Å²) in [6, 6.07) is 6.60. The molecule has 1 unspecified atom stereocenters. The normalized spacial score (nSPS) is 14.1. The van der Waals surface area contributed by atoms with Crippen LogP contribution in [-0.4, -0.2) is 19.0 Å². The van der Waals surface area contributed by atoms with Gasteiger partial charge in [-0.05, 0) is 25.5 Å². The highest BCUT2D eigenvalue weighted by atomic mass is 32.2. The standard InChI is InChI=1S/C9H12O3S/c1-7-5-3-4-6-9(7)13(11,12)8(2)10/h3-6,8,10H,1-2H3. The molecule has 0 aliphatic rings. The first-order valence-corrected chi connectivity index (χ1v) is 5.48. The molecule has 0 fully saturated rings. The van der Waals surface area contributed by atoms with E-state index >= 15 is 0 Å². The second-order valence-corrected chi connectivity index (χ2v) is 5.12. The Kier molecular flexibility index (Phi) is 2.73. The van der Waals surface area contributed by atoms with Crippen LogP contribution in [0, 0.1) is 6.92 Å². The highest BCUT2D eigenvalue weighted by Gasteiger charge is 2.21. The first kappa shape index (κ1) is 10.2. The third-order valence-corrected chi connectivity index (χ3v) is 3.82. The molecular weight excluding hydrogens is 188 g/mol. The molecule has 3 nitrogen and oxygen atoms in total. The number of hydrogen-bond donors (Lipinski definition) is 1. The van der Waals surface area contributed by atoms with Gasteiger partial charge in [-0.1, -0.05) is 18.2 Å². The predicted octanol–water partition coefficient (Wildman–Crippen LogP) is 1.11. The molecule has 4 heteroatoms. The van der Waals surface area contributed by atoms with Gasteiger partial charge in [0.25, 0.3) is 0 Å². The molecule has 1 aromatic carbocycles. The second kappa shape index (κ2) is 3.47. The van der Waals surface area contributed by atoms with E-state index in [-0.39, 0.29) is 4.90 Å². The van der Waals surface area contributed by atoms with Gasteiger partial charge in [0.2, 0.25) is 9.84 Å². The van der Waals surface area contributed by atoms with E-state index in [0.717, 1.165) is 0 Å². The van der Waals surface area contributed by atoms with Crippen LogP contribution in [0.15, 0.2) is 29.2 Å². The Morgan fingerprint density at radius 1 is 1.31 bits per heavy atom. The van der Waals surface area contributed by atoms with Crippen LogP contribution in [0.3, 0.4) is 0 Å². The Balaban J connectivity index is 3.32. The summed E-state index contributed by atoms with van der Waals surface area (Å²) in [6.07, 6.45) is 0. The van der Waals surface area contributed by atoms with Crippen LogP contribution in [0.4, 0.5) is 0 Å². The van der Waals surface area contributed by atoms with Gasteiger partial charge in [0.1, 0.15) is 0 Å². The van der Waals surface area contributed by atoms with Crippen molar-refractivity contribution in [2.24, 2.45) is 0 Å². The van der Waals surface area contributed by atoms with E-state index in [9.17, 15) is 8.42 Å². The molecule has 0 spiro atoms. The van der Waals surface area contributed by atoms with E-state index in [2.05, 4.69) is 0 Å². The summed E-state index contributed by atoms with van der Waals surface area (Å²) >= 11 is 0. The molecular formula is C9H12O3S. The highest BCUT2D eigenvalue weighted by Crippen LogP contribution is 2.18. The average Bonchev–Trinajstić information content (AvgIpc) is 2.04. The molecule has 0 saturated carbocycles. The van der Waals surface area contributed by atoms with Crippen molar-refractivity contribution in [3.05, 3.63) is 29.8 Å². The summed E-state index contributed by atoms with van der Waals surface area (Å²) < 4.78 is 23.0. The maximum absolute atomic E-state index is 11.5. The van der Waals surface area contributed by atoms with Crippen LogP contribution in [0.2, 0.25) is 0 Å². The number of hydrogen-bond acceptors (Lipinski definition) is 3. The summed E-state index contributed by atoms with van der Waals surface area (Å²) in [7, 11) is -3.55. The summed E-state index contributed by atoms with van der Waals surface area (Å²) in [5.41, 5.74) is -0.697. The van der Waals surface area contributed by atoms with Crippen LogP contribution in [-0.2, 0) is 9.84 Å². The Morgan fingerprint density at radius 2 is 1.85 bits per heavy atom. The number of benzene rings is 1. The van der Waals surface area contributed by atoms with E-state index in [4.69, 9.17) is 5.11 Å². The smallest absolute Gasteiger partial charge is 0.204 e. The molecule has 0 heterocycles. The van der Waals surface area contributed by atoms with E-state index in [1.165, 1.54) is 13.0 Å². The van der Waals surface area contributed by atoms with Crippen LogP contribution < -0.4 is 0 Å². The van der Waals surface area contributed by atoms with E-state index in [1.54, 1.807) is 25.1 Å². The van der Waals surface area contributed by atoms with Crippen LogP contribution in [0.5, 0.6) is 0 Å². The third-order valence-electron chi connectivity index (χ3n) is 1.85. The van der Waals surface area contributed by atoms with Crippen molar-refractivity contribution in [2.45, 2.75) is 24.2 Å². The van der Waals surface area contributed by atoms with E-state index in [1.807, 2.05) is 0 Å². The Bertz CT molecular complexity index is 393. The zero-order valence-electron chi connectivity index (χ0n) is 7.56. The summed E-state index contributed by atoms with van der Waals surface area (Å²) in [4.78, 5) is 0.199. The lowest BCUT2D eigenvalue weighted by Gasteiger charge is -2.08. The molecule has 0 bridgehead atoms. The molecule has 0 aliphatic carbocycles. The third kappa shape index (κ3) is 1.89. The van der Waals surface area contributed by atoms with Gasteiger partial charge in [-0.3, -0.25) is 0 Å². The van der Waals surface area contributed by atoms with Gasteiger partial charge in [0.05, 0.1) is 4.90 Å². The molecule has 1 atom stereocenters. The Labute approximate surface area is 77.9 Å². The summed E-state index contributed by atoms with van der Waals surface area (Å²) in [5, 5.41) is 9.07. The molecule has 13 heavy (non-hydrogen) atoms. The average molecular weight is 200 g/mol. The lowest BCUT2D eigenvalue weighted by atomic mass is 10.2. The molecule has 1 aromatic rings. The van der Waals surface area contributed by atoms with Gasteiger partial charge in [0.15, 0.2) is 5.44 Å². The van der Waals surface area contributed by atoms with Crippen molar-refractivity contribution < 1.29 is 13.5 Å². The molecule has 0 amide bonds. The fourth-order valence-electron chi connectivity index (χ4n) is 1.06. The number of aryl methyl sites for hydroxylation is 1. The largest absolute Gasteiger partial charge is 0.377 e. The molecule has 72 valence electrons. The van der Waals surface area contributed by atoms with Crippen molar-refractivity contribution >= 4 is 9.84 Å². The van der Waals surface area contributed by atoms with Crippen molar-refractivity contribution in [3.8, 4) is 0 Å². The SMILES string of the molecule is Cc1ccccc1S(=O)(=O)C(C)O. The van der Waals surface area contributed by atoms with Crippen molar-refractivity contribution in [1.29, 1.82) is 0 Å². The van der Waals surface area contributed by atoms with Crippen molar-refractivity contribution in [3.63, 3.8) is 0 Å². The van der Waals surface area contributed by atoms with Crippen LogP contribution >= 0.6 is 0 Å². The first-order chi connectivity index (χ1) is 5.96. The van der Waals surface area contributed by atoms with Crippen molar-refractivity contribution in [1.82, 2.24) is 0 Å². The fourth-order valence-corrected chi connectivity index (χ4v) is 2.21. The maximum Gasteiger partial charge on any atom is 0.204 e. The summed E-state index contributed by atoms with van der Waals surface area (Å²) in [6.45, 7) is 2.96. The lowest BCUT2D eigenvalue weighted by molar-refractivity contribution is 0.268. The second-order valence-electron chi connectivity index (χ2n) is 2.91. The predicted molar refractivity (Wildman–Crippen MR) is 50.0 cm³/mol. The molecule has 0 saturated heterocycles. The molecule has 0 radical (unpaired) electrons. The summed E-state index contributed by atoms with van der Waals surface area (Å²) in [5.74, 6) is 0. The van der Waals surface area contributed by atoms with Gasteiger partial charge in [-0.15, -0.1) is 0 Å². The molecule has 0 aliphatic heterocycles. The number of aliphatic hydroxyl groups excluding tert-OH is 1. The van der Waals surface area contributed by atoms with E-state index < -0.39 is 15.3 Å².